The highest BCUT2D eigenvalue weighted by Gasteiger charge is 2.58. The van der Waals surface area contributed by atoms with Crippen LogP contribution in [-0.2, 0) is 75.4 Å². The monoisotopic (exact) mass is 1240 g/mol. The van der Waals surface area contributed by atoms with Crippen LogP contribution in [0, 0.1) is 5.92 Å². The van der Waals surface area contributed by atoms with Gasteiger partial charge in [0.2, 0.25) is 29.5 Å². The van der Waals surface area contributed by atoms with E-state index in [1.165, 1.54) is 43.3 Å². The van der Waals surface area contributed by atoms with Gasteiger partial charge in [-0.3, -0.25) is 28.8 Å². The number of anilines is 1. The number of allylic oxidation sites excluding steroid dienone is 2. The number of fused-ring (bicyclic) bond motifs is 3. The van der Waals surface area contributed by atoms with Crippen LogP contribution in [0.25, 0.3) is 11.1 Å². The predicted molar refractivity (Wildman–Crippen MR) is 332 cm³/mol. The number of aliphatic hydroxyl groups is 1. The molecule has 1 unspecified atom stereocenters. The molecule has 7 N–H and O–H groups in total. The Morgan fingerprint density at radius 3 is 2.19 bits per heavy atom. The zero-order chi connectivity index (χ0) is 63.7. The Morgan fingerprint density at radius 1 is 0.787 bits per heavy atom. The van der Waals surface area contributed by atoms with Gasteiger partial charge in [-0.05, 0) is 116 Å². The molecule has 3 heterocycles. The fraction of sp³-hybridized carbons (Fsp3) is 0.448. The lowest BCUT2D eigenvalue weighted by Crippen LogP contribution is -2.50. The van der Waals surface area contributed by atoms with Crippen molar-refractivity contribution in [1.29, 1.82) is 0 Å². The van der Waals surface area contributed by atoms with Crippen LogP contribution in [0.15, 0.2) is 138 Å². The number of amides is 6. The van der Waals surface area contributed by atoms with E-state index in [9.17, 15) is 47.1 Å². The second-order valence-electron chi connectivity index (χ2n) is 23.3. The number of ether oxygens (including phenoxy) is 5. The van der Waals surface area contributed by atoms with E-state index in [1.54, 1.807) is 37.3 Å². The summed E-state index contributed by atoms with van der Waals surface area (Å²) in [6.07, 6.45) is 8.57. The Morgan fingerprint density at radius 2 is 1.48 bits per heavy atom. The van der Waals surface area contributed by atoms with Crippen LogP contribution in [0.3, 0.4) is 0 Å². The standard InChI is InChI=1S/C67H82N6O15S/c1-42(22-30-58-43(2)35-57(45(4)87-58)72-61(76)32-24-44(3)86-46(5)74)23-31-59-65(80)67(41-85-67)37-49(88-59)36-63(78)69-38-47-25-28-50(29-26-47)89(82,83)73-62(77)33-27-48-15-8-13-20-56(48)71-64(79)39-70-60(75)21-7-6-14-34-68-66(81)84-40-55-53-18-11-9-16-51(53)52-17-10-12-19-54(52)55/h8-13,15-20,22-26,28-29,31-32,43-45,49,55,57-59,65,80H,6-7,14,21,27,30,33-41H2,1-5H3,(H,68,81)(H,69,78)(H,70,75)(H,71,79)(H,72,76)(H,73,77)/t43-,44?,45+,49+,57+,58-,59+,65+,67+/m0/s1. The van der Waals surface area contributed by atoms with Crippen LogP contribution < -0.4 is 31.3 Å². The molecule has 1 spiro atoms. The first-order valence-corrected chi connectivity index (χ1v) is 31.9. The average molecular weight is 1240 g/mol. The molecule has 0 bridgehead atoms. The van der Waals surface area contributed by atoms with Crippen LogP contribution in [0.4, 0.5) is 10.5 Å². The molecule has 1 aliphatic carbocycles. The number of carbonyl (C=O) groups is 7. The number of carbonyl (C=O) groups excluding carboxylic acids is 7. The summed E-state index contributed by atoms with van der Waals surface area (Å²) in [7, 11) is -4.26. The molecule has 4 aromatic carbocycles. The lowest BCUT2D eigenvalue weighted by molar-refractivity contribution is -0.145. The second kappa shape index (κ2) is 31.4. The van der Waals surface area contributed by atoms with Crippen LogP contribution >= 0.6 is 0 Å². The summed E-state index contributed by atoms with van der Waals surface area (Å²) in [5, 5.41) is 25.2. The third kappa shape index (κ3) is 19.5. The number of rotatable bonds is 28. The van der Waals surface area contributed by atoms with E-state index in [0.717, 1.165) is 27.8 Å². The molecular formula is C67H82N6O15S. The number of nitrogens with one attached hydrogen (secondary N) is 6. The van der Waals surface area contributed by atoms with Gasteiger partial charge in [-0.2, -0.15) is 0 Å². The Hall–Kier alpha value is -8.02. The maximum absolute atomic E-state index is 13.3. The molecule has 3 saturated heterocycles. The third-order valence-electron chi connectivity index (χ3n) is 16.4. The number of hydrogen-bond acceptors (Lipinski definition) is 15. The molecule has 476 valence electrons. The van der Waals surface area contributed by atoms with Gasteiger partial charge < -0.3 is 55.4 Å². The number of alkyl carbamates (subject to hydrolysis) is 1. The molecule has 89 heavy (non-hydrogen) atoms. The first-order valence-electron chi connectivity index (χ1n) is 30.4. The molecule has 21 nitrogen and oxygen atoms in total. The highest BCUT2D eigenvalue weighted by Crippen LogP contribution is 2.45. The minimum Gasteiger partial charge on any atom is -0.459 e. The van der Waals surface area contributed by atoms with Crippen molar-refractivity contribution < 1.29 is 70.8 Å². The smallest absolute Gasteiger partial charge is 0.407 e. The summed E-state index contributed by atoms with van der Waals surface area (Å²) >= 11 is 0. The molecule has 3 aliphatic heterocycles. The third-order valence-corrected chi connectivity index (χ3v) is 17.8. The molecule has 4 aromatic rings. The quantitative estimate of drug-likeness (QED) is 0.00967. The van der Waals surface area contributed by atoms with E-state index in [1.807, 2.05) is 44.2 Å². The Bertz CT molecular complexity index is 3340. The Kier molecular flexibility index (Phi) is 23.6. The highest BCUT2D eigenvalue weighted by molar-refractivity contribution is 7.90. The summed E-state index contributed by atoms with van der Waals surface area (Å²) < 4.78 is 57.5. The lowest BCUT2D eigenvalue weighted by Gasteiger charge is -2.39. The predicted octanol–water partition coefficient (Wildman–Crippen LogP) is 7.27. The lowest BCUT2D eigenvalue weighted by atomic mass is 9.87. The van der Waals surface area contributed by atoms with Crippen molar-refractivity contribution in [3.05, 3.63) is 155 Å². The van der Waals surface area contributed by atoms with Gasteiger partial charge in [0, 0.05) is 57.0 Å². The maximum Gasteiger partial charge on any atom is 0.407 e. The molecule has 0 aromatic heterocycles. The molecule has 22 heteroatoms. The van der Waals surface area contributed by atoms with E-state index in [0.29, 0.717) is 68.5 Å². The molecule has 0 saturated carbocycles. The summed E-state index contributed by atoms with van der Waals surface area (Å²) in [5.41, 5.74) is 6.27. The summed E-state index contributed by atoms with van der Waals surface area (Å²) in [4.78, 5) is 87.7. The van der Waals surface area contributed by atoms with Crippen molar-refractivity contribution in [2.24, 2.45) is 5.92 Å². The minimum atomic E-state index is -4.26. The number of hydrogen-bond donors (Lipinski definition) is 7. The van der Waals surface area contributed by atoms with Crippen molar-refractivity contribution in [2.75, 3.05) is 31.6 Å². The van der Waals surface area contributed by atoms with Crippen LogP contribution in [0.2, 0.25) is 0 Å². The van der Waals surface area contributed by atoms with E-state index < -0.39 is 63.9 Å². The number of sulfonamides is 1. The Labute approximate surface area is 520 Å². The largest absolute Gasteiger partial charge is 0.459 e. The SMILES string of the molecule is CC(=O)OC(C)C=CC(=O)N[C@@H]1C[C@H](C)[C@H](CC=C(C)C=C[C@H]2O[C@H](CC(=O)NCc3ccc(S(=O)(=O)NC(=O)CCc4ccccc4NC(=O)CNC(=O)CCCCCNC(=O)OCC4c5ccccc5-c5ccccc54)cc3)C[C@@]3(CO3)[C@@H]2O)O[C@@H]1C. The van der Waals surface area contributed by atoms with E-state index >= 15 is 0 Å². The van der Waals surface area contributed by atoms with Gasteiger partial charge >= 0.3 is 12.1 Å². The number of para-hydroxylation sites is 1. The molecule has 8 rings (SSSR count). The number of epoxide rings is 1. The van der Waals surface area contributed by atoms with Crippen molar-refractivity contribution in [2.45, 2.75) is 164 Å². The minimum absolute atomic E-state index is 0.0107. The highest BCUT2D eigenvalue weighted by atomic mass is 32.2. The van der Waals surface area contributed by atoms with Gasteiger partial charge in [-0.25, -0.2) is 17.9 Å². The zero-order valence-electron chi connectivity index (χ0n) is 51.0. The van der Waals surface area contributed by atoms with Gasteiger partial charge in [0.15, 0.2) is 0 Å². The molecule has 0 radical (unpaired) electrons. The normalized spacial score (nSPS) is 22.5. The summed E-state index contributed by atoms with van der Waals surface area (Å²) in [6, 6.07) is 28.6. The van der Waals surface area contributed by atoms with Crippen LogP contribution in [0.5, 0.6) is 0 Å². The fourth-order valence-corrected chi connectivity index (χ4v) is 12.4. The fourth-order valence-electron chi connectivity index (χ4n) is 11.4. The van der Waals surface area contributed by atoms with Crippen LogP contribution in [-0.4, -0.2) is 130 Å². The second-order valence-corrected chi connectivity index (χ2v) is 25.0. The number of aryl methyl sites for hydroxylation is 1. The molecule has 9 atom stereocenters. The number of aliphatic hydroxyl groups excluding tert-OH is 1. The van der Waals surface area contributed by atoms with Gasteiger partial charge in [0.1, 0.15) is 30.5 Å². The van der Waals surface area contributed by atoms with Crippen LogP contribution in [0.1, 0.15) is 121 Å². The number of benzene rings is 4. The molecular weight excluding hydrogens is 1160 g/mol. The maximum atomic E-state index is 13.3. The van der Waals surface area contributed by atoms with Crippen molar-refractivity contribution in [1.82, 2.24) is 26.0 Å². The Balaban J connectivity index is 0.691. The topological polar surface area (TPSA) is 295 Å². The van der Waals surface area contributed by atoms with E-state index in [-0.39, 0.29) is 98.1 Å². The van der Waals surface area contributed by atoms with Crippen molar-refractivity contribution in [3.63, 3.8) is 0 Å². The average Bonchev–Trinajstić information content (AvgIpc) is 1.63. The first kappa shape index (κ1) is 66.9. The van der Waals surface area contributed by atoms with E-state index in [2.05, 4.69) is 68.6 Å². The number of esters is 1. The summed E-state index contributed by atoms with van der Waals surface area (Å²) in [5.74, 6) is -2.49. The van der Waals surface area contributed by atoms with Crippen molar-refractivity contribution >= 4 is 57.3 Å². The zero-order valence-corrected chi connectivity index (χ0v) is 51.8. The summed E-state index contributed by atoms with van der Waals surface area (Å²) in [6.45, 7) is 9.67. The van der Waals surface area contributed by atoms with Gasteiger partial charge in [0.05, 0.1) is 48.8 Å². The van der Waals surface area contributed by atoms with Gasteiger partial charge in [0.25, 0.3) is 10.0 Å². The van der Waals surface area contributed by atoms with Gasteiger partial charge in [-0.1, -0.05) is 116 Å². The molecule has 3 fully saturated rings. The molecule has 6 amide bonds. The first-order chi connectivity index (χ1) is 42.6. The van der Waals surface area contributed by atoms with Gasteiger partial charge in [-0.15, -0.1) is 0 Å². The number of unbranched alkanes of at least 4 members (excludes halogenated alkanes) is 2. The van der Waals surface area contributed by atoms with E-state index in [4.69, 9.17) is 23.7 Å². The van der Waals surface area contributed by atoms with Crippen molar-refractivity contribution in [3.8, 4) is 11.1 Å². The molecule has 4 aliphatic rings.